The van der Waals surface area contributed by atoms with Gasteiger partial charge in [-0.05, 0) is 66.2 Å². The Bertz CT molecular complexity index is 848. The van der Waals surface area contributed by atoms with Crippen LogP contribution in [0.25, 0.3) is 0 Å². The van der Waals surface area contributed by atoms with Crippen molar-refractivity contribution in [2.45, 2.75) is 29.3 Å². The second-order valence-electron chi connectivity index (χ2n) is 7.96. The average Bonchev–Trinajstić information content (AvgIpc) is 2.83. The fourth-order valence-corrected chi connectivity index (χ4v) is 6.90. The Morgan fingerprint density at radius 2 is 1.74 bits per heavy atom. The zero-order valence-corrected chi connectivity index (χ0v) is 19.1. The van der Waals surface area contributed by atoms with Gasteiger partial charge in [0, 0.05) is 25.2 Å². The molecule has 166 valence electrons. The van der Waals surface area contributed by atoms with Crippen LogP contribution in [0, 0.1) is 5.82 Å². The highest BCUT2D eigenvalue weighted by atomic mass is 32.2. The van der Waals surface area contributed by atoms with Crippen LogP contribution in [0.15, 0.2) is 48.5 Å². The Labute approximate surface area is 191 Å². The molecule has 2 aromatic carbocycles. The minimum atomic E-state index is -0.255. The van der Waals surface area contributed by atoms with Gasteiger partial charge in [0.05, 0.1) is 4.58 Å². The first-order valence-electron chi connectivity index (χ1n) is 10.7. The van der Waals surface area contributed by atoms with E-state index >= 15 is 0 Å². The van der Waals surface area contributed by atoms with Gasteiger partial charge in [0.1, 0.15) is 11.6 Å². The lowest BCUT2D eigenvalue weighted by Crippen LogP contribution is -2.45. The van der Waals surface area contributed by atoms with E-state index in [-0.39, 0.29) is 23.7 Å². The van der Waals surface area contributed by atoms with Crippen LogP contribution in [0.1, 0.15) is 35.0 Å². The van der Waals surface area contributed by atoms with Crippen molar-refractivity contribution in [3.05, 3.63) is 65.5 Å². The van der Waals surface area contributed by atoms with Crippen LogP contribution in [-0.4, -0.2) is 43.8 Å². The molecule has 2 saturated heterocycles. The third-order valence-electron chi connectivity index (χ3n) is 5.88. The fourth-order valence-electron chi connectivity index (χ4n) is 4.00. The van der Waals surface area contributed by atoms with E-state index < -0.39 is 0 Å². The highest BCUT2D eigenvalue weighted by molar-refractivity contribution is 8.16. The number of hydrogen-bond donors (Lipinski definition) is 1. The summed E-state index contributed by atoms with van der Waals surface area (Å²) in [5, 5.41) is 3.02. The van der Waals surface area contributed by atoms with Crippen LogP contribution < -0.4 is 10.1 Å². The van der Waals surface area contributed by atoms with Crippen LogP contribution in [0.4, 0.5) is 4.39 Å². The van der Waals surface area contributed by atoms with Crippen molar-refractivity contribution < 1.29 is 18.7 Å². The standard InChI is InChI=1S/C24H28FNO3S2/c25-20-6-4-19(5-7-20)24(10-12-28-13-11-24)17-26-22(27)16-29-21-8-2-18(3-9-21)23-30-14-1-15-31-23/h2-9,23H,1,10-17H2,(H,26,27). The average molecular weight is 462 g/mol. The molecule has 2 aromatic rings. The molecule has 0 aromatic heterocycles. The second-order valence-corrected chi connectivity index (χ2v) is 10.7. The Hall–Kier alpha value is -1.70. The zero-order valence-electron chi connectivity index (χ0n) is 17.5. The van der Waals surface area contributed by atoms with E-state index in [9.17, 15) is 9.18 Å². The largest absolute Gasteiger partial charge is 0.484 e. The molecule has 0 saturated carbocycles. The first-order chi connectivity index (χ1) is 15.1. The van der Waals surface area contributed by atoms with Crippen molar-refractivity contribution in [3.8, 4) is 5.75 Å². The molecule has 0 radical (unpaired) electrons. The Morgan fingerprint density at radius 1 is 1.06 bits per heavy atom. The molecule has 0 spiro atoms. The Balaban J connectivity index is 1.30. The lowest BCUT2D eigenvalue weighted by molar-refractivity contribution is -0.123. The van der Waals surface area contributed by atoms with Crippen molar-refractivity contribution in [3.63, 3.8) is 0 Å². The number of halogens is 1. The maximum Gasteiger partial charge on any atom is 0.257 e. The number of rotatable bonds is 7. The first-order valence-corrected chi connectivity index (χ1v) is 12.8. The summed E-state index contributed by atoms with van der Waals surface area (Å²) in [6, 6.07) is 14.6. The molecule has 31 heavy (non-hydrogen) atoms. The minimum absolute atomic E-state index is 0.0255. The molecule has 1 amide bonds. The SMILES string of the molecule is O=C(COc1ccc(C2SCCCS2)cc1)NCC1(c2ccc(F)cc2)CCOCC1. The number of carbonyl (C=O) groups is 1. The van der Waals surface area contributed by atoms with E-state index in [1.54, 1.807) is 0 Å². The van der Waals surface area contributed by atoms with Gasteiger partial charge in [-0.1, -0.05) is 24.3 Å². The quantitative estimate of drug-likeness (QED) is 0.633. The summed E-state index contributed by atoms with van der Waals surface area (Å²) in [5.74, 6) is 2.71. The molecule has 2 heterocycles. The van der Waals surface area contributed by atoms with Gasteiger partial charge in [0.15, 0.2) is 6.61 Å². The van der Waals surface area contributed by atoms with E-state index in [4.69, 9.17) is 9.47 Å². The predicted molar refractivity (Wildman–Crippen MR) is 125 cm³/mol. The van der Waals surface area contributed by atoms with Gasteiger partial charge in [-0.15, -0.1) is 23.5 Å². The van der Waals surface area contributed by atoms with E-state index in [0.717, 1.165) is 18.4 Å². The van der Waals surface area contributed by atoms with Gasteiger partial charge in [0.2, 0.25) is 0 Å². The fraction of sp³-hybridized carbons (Fsp3) is 0.458. The summed E-state index contributed by atoms with van der Waals surface area (Å²) in [7, 11) is 0. The van der Waals surface area contributed by atoms with E-state index in [1.807, 2.05) is 47.8 Å². The third-order valence-corrected chi connectivity index (χ3v) is 8.89. The molecular weight excluding hydrogens is 433 g/mol. The molecule has 4 nitrogen and oxygen atoms in total. The number of benzene rings is 2. The molecule has 1 N–H and O–H groups in total. The third kappa shape index (κ3) is 5.96. The van der Waals surface area contributed by atoms with Gasteiger partial charge in [-0.3, -0.25) is 4.79 Å². The lowest BCUT2D eigenvalue weighted by atomic mass is 9.74. The molecule has 0 bridgehead atoms. The maximum atomic E-state index is 13.4. The van der Waals surface area contributed by atoms with Gasteiger partial charge in [0.25, 0.3) is 5.91 Å². The number of ether oxygens (including phenoxy) is 2. The molecule has 4 rings (SSSR count). The van der Waals surface area contributed by atoms with Gasteiger partial charge >= 0.3 is 0 Å². The van der Waals surface area contributed by atoms with Crippen LogP contribution >= 0.6 is 23.5 Å². The summed E-state index contributed by atoms with van der Waals surface area (Å²) in [5.41, 5.74) is 2.10. The molecule has 0 unspecified atom stereocenters. The molecule has 7 heteroatoms. The van der Waals surface area contributed by atoms with E-state index in [0.29, 0.717) is 30.1 Å². The number of thioether (sulfide) groups is 2. The minimum Gasteiger partial charge on any atom is -0.484 e. The van der Waals surface area contributed by atoms with Crippen LogP contribution in [0.5, 0.6) is 5.75 Å². The van der Waals surface area contributed by atoms with Crippen LogP contribution in [0.3, 0.4) is 0 Å². The smallest absolute Gasteiger partial charge is 0.257 e. The molecule has 2 aliphatic heterocycles. The first kappa shape index (κ1) is 22.5. The number of hydrogen-bond acceptors (Lipinski definition) is 5. The Morgan fingerprint density at radius 3 is 2.42 bits per heavy atom. The Kier molecular flexibility index (Phi) is 7.80. The van der Waals surface area contributed by atoms with Crippen molar-refractivity contribution in [2.75, 3.05) is 37.9 Å². The van der Waals surface area contributed by atoms with Crippen molar-refractivity contribution in [1.29, 1.82) is 0 Å². The van der Waals surface area contributed by atoms with E-state index in [2.05, 4.69) is 17.4 Å². The summed E-state index contributed by atoms with van der Waals surface area (Å²) >= 11 is 3.97. The summed E-state index contributed by atoms with van der Waals surface area (Å²) < 4.78 is 25.1. The highest BCUT2D eigenvalue weighted by Gasteiger charge is 2.34. The molecule has 0 atom stereocenters. The second kappa shape index (κ2) is 10.7. The zero-order chi connectivity index (χ0) is 21.5. The molecule has 0 aliphatic carbocycles. The summed E-state index contributed by atoms with van der Waals surface area (Å²) in [4.78, 5) is 12.5. The molecule has 2 aliphatic rings. The normalized spacial score (nSPS) is 19.0. The summed E-state index contributed by atoms with van der Waals surface area (Å²) in [6.45, 7) is 1.73. The topological polar surface area (TPSA) is 47.6 Å². The predicted octanol–water partition coefficient (Wildman–Crippen LogP) is 4.94. The molecular formula is C24H28FNO3S2. The van der Waals surface area contributed by atoms with Gasteiger partial charge < -0.3 is 14.8 Å². The van der Waals surface area contributed by atoms with Gasteiger partial charge in [-0.25, -0.2) is 4.39 Å². The van der Waals surface area contributed by atoms with Crippen molar-refractivity contribution in [2.24, 2.45) is 0 Å². The van der Waals surface area contributed by atoms with Crippen LogP contribution in [0.2, 0.25) is 0 Å². The maximum absolute atomic E-state index is 13.4. The summed E-state index contributed by atoms with van der Waals surface area (Å²) in [6.07, 6.45) is 2.86. The van der Waals surface area contributed by atoms with Crippen molar-refractivity contribution >= 4 is 29.4 Å². The van der Waals surface area contributed by atoms with Crippen LogP contribution in [-0.2, 0) is 14.9 Å². The highest BCUT2D eigenvalue weighted by Crippen LogP contribution is 2.43. The number of nitrogens with one attached hydrogen (secondary N) is 1. The number of amides is 1. The lowest BCUT2D eigenvalue weighted by Gasteiger charge is -2.38. The monoisotopic (exact) mass is 461 g/mol. The van der Waals surface area contributed by atoms with Crippen molar-refractivity contribution in [1.82, 2.24) is 5.32 Å². The van der Waals surface area contributed by atoms with E-state index in [1.165, 1.54) is 35.6 Å². The van der Waals surface area contributed by atoms with Gasteiger partial charge in [-0.2, -0.15) is 0 Å². The molecule has 2 fully saturated rings. The number of carbonyl (C=O) groups excluding carboxylic acids is 1.